The molecule has 4 aromatic carbocycles. The number of para-hydroxylation sites is 2. The molecule has 0 heterocycles. The minimum Gasteiger partial charge on any atom is -0.310 e. The number of hydrogen-bond acceptors (Lipinski definition) is 1. The van der Waals surface area contributed by atoms with Gasteiger partial charge in [-0.05, 0) is 101 Å². The van der Waals surface area contributed by atoms with Crippen LogP contribution in [0.1, 0.15) is 11.1 Å². The van der Waals surface area contributed by atoms with Gasteiger partial charge in [0.25, 0.3) is 0 Å². The Balaban J connectivity index is 1.80. The zero-order chi connectivity index (χ0) is 19.5. The Labute approximate surface area is 180 Å². The van der Waals surface area contributed by atoms with Crippen molar-refractivity contribution in [3.05, 3.63) is 112 Å². The zero-order valence-electron chi connectivity index (χ0n) is 16.1. The van der Waals surface area contributed by atoms with E-state index < -0.39 is 0 Å². The summed E-state index contributed by atoms with van der Waals surface area (Å²) in [5.74, 6) is 0. The summed E-state index contributed by atoms with van der Waals surface area (Å²) in [4.78, 5) is 2.32. The summed E-state index contributed by atoms with van der Waals surface area (Å²) >= 11 is 2.39. The Morgan fingerprint density at radius 1 is 0.571 bits per heavy atom. The van der Waals surface area contributed by atoms with Crippen molar-refractivity contribution in [3.8, 4) is 11.1 Å². The summed E-state index contributed by atoms with van der Waals surface area (Å²) in [5, 5.41) is 0. The van der Waals surface area contributed by atoms with Crippen LogP contribution in [-0.2, 0) is 0 Å². The lowest BCUT2D eigenvalue weighted by atomic mass is 10.00. The molecule has 1 nitrogen and oxygen atoms in total. The second-order valence-corrected chi connectivity index (χ2v) is 8.13. The van der Waals surface area contributed by atoms with E-state index in [4.69, 9.17) is 0 Å². The molecular formula is C26H22IN. The van der Waals surface area contributed by atoms with Gasteiger partial charge in [-0.3, -0.25) is 0 Å². The van der Waals surface area contributed by atoms with E-state index in [-0.39, 0.29) is 0 Å². The van der Waals surface area contributed by atoms with Crippen LogP contribution in [0.15, 0.2) is 97.1 Å². The molecule has 2 heteroatoms. The van der Waals surface area contributed by atoms with Crippen molar-refractivity contribution >= 4 is 39.7 Å². The molecule has 0 amide bonds. The monoisotopic (exact) mass is 475 g/mol. The van der Waals surface area contributed by atoms with Crippen LogP contribution in [0.4, 0.5) is 17.1 Å². The smallest absolute Gasteiger partial charge is 0.0491 e. The van der Waals surface area contributed by atoms with Crippen molar-refractivity contribution in [2.75, 3.05) is 4.90 Å². The average molecular weight is 475 g/mol. The van der Waals surface area contributed by atoms with Gasteiger partial charge in [-0.1, -0.05) is 54.6 Å². The third kappa shape index (κ3) is 3.83. The van der Waals surface area contributed by atoms with Crippen LogP contribution in [0.2, 0.25) is 0 Å². The molecule has 0 aliphatic heterocycles. The lowest BCUT2D eigenvalue weighted by molar-refractivity contribution is 1.25. The van der Waals surface area contributed by atoms with E-state index in [2.05, 4.69) is 138 Å². The van der Waals surface area contributed by atoms with Gasteiger partial charge in [-0.15, -0.1) is 0 Å². The quantitative estimate of drug-likeness (QED) is 0.270. The fraction of sp³-hybridized carbons (Fsp3) is 0.0769. The van der Waals surface area contributed by atoms with E-state index in [0.717, 1.165) is 11.4 Å². The van der Waals surface area contributed by atoms with Gasteiger partial charge in [0.1, 0.15) is 0 Å². The number of anilines is 3. The predicted molar refractivity (Wildman–Crippen MR) is 129 cm³/mol. The summed E-state index contributed by atoms with van der Waals surface area (Å²) in [5.41, 5.74) is 8.60. The Hall–Kier alpha value is -2.59. The van der Waals surface area contributed by atoms with Crippen molar-refractivity contribution in [2.45, 2.75) is 13.8 Å². The van der Waals surface area contributed by atoms with Gasteiger partial charge in [-0.2, -0.15) is 0 Å². The summed E-state index contributed by atoms with van der Waals surface area (Å²) in [6, 6.07) is 34.5. The van der Waals surface area contributed by atoms with Crippen LogP contribution in [-0.4, -0.2) is 0 Å². The highest BCUT2D eigenvalue weighted by Crippen LogP contribution is 2.37. The first kappa shape index (κ1) is 18.8. The van der Waals surface area contributed by atoms with Gasteiger partial charge in [0, 0.05) is 20.6 Å². The van der Waals surface area contributed by atoms with Gasteiger partial charge in [0.2, 0.25) is 0 Å². The molecule has 0 aliphatic rings. The van der Waals surface area contributed by atoms with Crippen LogP contribution < -0.4 is 4.90 Å². The molecular weight excluding hydrogens is 453 g/mol. The highest BCUT2D eigenvalue weighted by atomic mass is 127. The largest absolute Gasteiger partial charge is 0.310 e. The maximum atomic E-state index is 2.39. The first-order chi connectivity index (χ1) is 13.6. The fourth-order valence-electron chi connectivity index (χ4n) is 3.49. The summed E-state index contributed by atoms with van der Waals surface area (Å²) < 4.78 is 1.30. The molecule has 0 bridgehead atoms. The first-order valence-corrected chi connectivity index (χ1v) is 10.5. The number of aryl methyl sites for hydroxylation is 2. The fourth-order valence-corrected chi connectivity index (χ4v) is 3.83. The number of benzene rings is 4. The maximum Gasteiger partial charge on any atom is 0.0491 e. The Morgan fingerprint density at radius 3 is 1.57 bits per heavy atom. The third-order valence-corrected chi connectivity index (χ3v) is 6.17. The summed E-state index contributed by atoms with van der Waals surface area (Å²) in [7, 11) is 0. The maximum absolute atomic E-state index is 2.39. The van der Waals surface area contributed by atoms with Gasteiger partial charge >= 0.3 is 0 Å². The lowest BCUT2D eigenvalue weighted by Crippen LogP contribution is -2.11. The van der Waals surface area contributed by atoms with Crippen molar-refractivity contribution in [2.24, 2.45) is 0 Å². The number of hydrogen-bond donors (Lipinski definition) is 0. The van der Waals surface area contributed by atoms with Crippen LogP contribution in [0.3, 0.4) is 0 Å². The molecule has 0 aliphatic carbocycles. The zero-order valence-corrected chi connectivity index (χ0v) is 18.2. The van der Waals surface area contributed by atoms with Gasteiger partial charge in [0.05, 0.1) is 0 Å². The standard InChI is InChI=1S/C26H22IN/c1-19-17-21(13-15-25(19)27)22-14-16-26(20(2)18-22)28(23-9-5-3-6-10-23)24-11-7-4-8-12-24/h3-18H,1-2H3. The lowest BCUT2D eigenvalue weighted by Gasteiger charge is -2.27. The van der Waals surface area contributed by atoms with Crippen molar-refractivity contribution in [1.82, 2.24) is 0 Å². The molecule has 0 unspecified atom stereocenters. The SMILES string of the molecule is Cc1cc(-c2ccc(N(c3ccccc3)c3ccccc3)c(C)c2)ccc1I. The molecule has 4 aromatic rings. The number of rotatable bonds is 4. The second kappa shape index (κ2) is 8.19. The molecule has 4 rings (SSSR count). The number of nitrogens with zero attached hydrogens (tertiary/aromatic N) is 1. The van der Waals surface area contributed by atoms with Crippen molar-refractivity contribution in [3.63, 3.8) is 0 Å². The van der Waals surface area contributed by atoms with Gasteiger partial charge < -0.3 is 4.90 Å². The molecule has 0 N–H and O–H groups in total. The Kier molecular flexibility index (Phi) is 5.49. The van der Waals surface area contributed by atoms with E-state index >= 15 is 0 Å². The predicted octanol–water partition coefficient (Wildman–Crippen LogP) is 8.04. The van der Waals surface area contributed by atoms with Crippen LogP contribution >= 0.6 is 22.6 Å². The van der Waals surface area contributed by atoms with Crippen LogP contribution in [0.25, 0.3) is 11.1 Å². The molecule has 0 atom stereocenters. The van der Waals surface area contributed by atoms with Crippen molar-refractivity contribution < 1.29 is 0 Å². The molecule has 0 saturated heterocycles. The van der Waals surface area contributed by atoms with E-state index in [1.165, 1.54) is 31.5 Å². The summed E-state index contributed by atoms with van der Waals surface area (Å²) in [6.07, 6.45) is 0. The molecule has 28 heavy (non-hydrogen) atoms. The van der Waals surface area contributed by atoms with E-state index in [1.807, 2.05) is 0 Å². The average Bonchev–Trinajstić information content (AvgIpc) is 2.73. The van der Waals surface area contributed by atoms with Crippen LogP contribution in [0, 0.1) is 17.4 Å². The molecule has 0 aromatic heterocycles. The van der Waals surface area contributed by atoms with E-state index in [1.54, 1.807) is 0 Å². The van der Waals surface area contributed by atoms with Crippen LogP contribution in [0.5, 0.6) is 0 Å². The molecule has 0 spiro atoms. The van der Waals surface area contributed by atoms with Gasteiger partial charge in [0.15, 0.2) is 0 Å². The van der Waals surface area contributed by atoms with Crippen molar-refractivity contribution in [1.29, 1.82) is 0 Å². The second-order valence-electron chi connectivity index (χ2n) is 6.97. The highest BCUT2D eigenvalue weighted by molar-refractivity contribution is 14.1. The van der Waals surface area contributed by atoms with E-state index in [9.17, 15) is 0 Å². The molecule has 0 radical (unpaired) electrons. The number of halogens is 1. The molecule has 0 saturated carbocycles. The Bertz CT molecular complexity index is 1050. The third-order valence-electron chi connectivity index (χ3n) is 4.96. The normalized spacial score (nSPS) is 10.7. The topological polar surface area (TPSA) is 3.24 Å². The first-order valence-electron chi connectivity index (χ1n) is 9.41. The van der Waals surface area contributed by atoms with Gasteiger partial charge in [-0.25, -0.2) is 0 Å². The summed E-state index contributed by atoms with van der Waals surface area (Å²) in [6.45, 7) is 4.36. The van der Waals surface area contributed by atoms with E-state index in [0.29, 0.717) is 0 Å². The molecule has 0 fully saturated rings. The highest BCUT2D eigenvalue weighted by Gasteiger charge is 2.14. The molecule has 138 valence electrons. The minimum atomic E-state index is 1.16. The minimum absolute atomic E-state index is 1.16. The Morgan fingerprint density at radius 2 is 1.07 bits per heavy atom.